The Morgan fingerprint density at radius 1 is 1.00 bits per heavy atom. The number of carbonyl (C=O) groups is 2. The number of rotatable bonds is 6. The highest BCUT2D eigenvalue weighted by molar-refractivity contribution is 5.97. The molecule has 1 aromatic heterocycles. The number of nitrogens with zero attached hydrogens (tertiary/aromatic N) is 3. The molecule has 0 atom stereocenters. The van der Waals surface area contributed by atoms with Crippen LogP contribution in [0.4, 0.5) is 5.69 Å². The van der Waals surface area contributed by atoms with E-state index in [9.17, 15) is 9.59 Å². The molecule has 0 radical (unpaired) electrons. The van der Waals surface area contributed by atoms with Crippen LogP contribution in [0.1, 0.15) is 42.4 Å². The van der Waals surface area contributed by atoms with Crippen molar-refractivity contribution in [2.45, 2.75) is 39.2 Å². The fourth-order valence-electron chi connectivity index (χ4n) is 4.08. The van der Waals surface area contributed by atoms with Crippen molar-refractivity contribution in [2.75, 3.05) is 18.1 Å². The Labute approximate surface area is 182 Å². The first-order valence-corrected chi connectivity index (χ1v) is 10.9. The number of imidazole rings is 1. The van der Waals surface area contributed by atoms with Gasteiger partial charge in [0.1, 0.15) is 5.82 Å². The standard InChI is InChI=1S/C25H27N3O3/c1-2-27(20-14-8-4-9-15-20)22(29)18-31-25(30)23-21-16-10-5-11-17-28(21)24(26-23)19-12-6-3-7-13-19/h3-4,6-9,12-15H,2,5,10-11,16-18H2,1H3. The number of fused-ring (bicyclic) bond motifs is 1. The molecular formula is C25H27N3O3. The van der Waals surface area contributed by atoms with Crippen LogP contribution in [0.3, 0.4) is 0 Å². The number of hydrogen-bond donors (Lipinski definition) is 0. The molecule has 1 aliphatic rings. The van der Waals surface area contributed by atoms with Crippen molar-refractivity contribution in [1.29, 1.82) is 0 Å². The van der Waals surface area contributed by atoms with Crippen molar-refractivity contribution < 1.29 is 14.3 Å². The van der Waals surface area contributed by atoms with Gasteiger partial charge in [-0.25, -0.2) is 9.78 Å². The second-order valence-electron chi connectivity index (χ2n) is 7.61. The van der Waals surface area contributed by atoms with E-state index in [-0.39, 0.29) is 12.5 Å². The van der Waals surface area contributed by atoms with Gasteiger partial charge in [0.05, 0.1) is 5.69 Å². The first-order valence-electron chi connectivity index (χ1n) is 10.9. The van der Waals surface area contributed by atoms with E-state index in [1.165, 1.54) is 0 Å². The van der Waals surface area contributed by atoms with Crippen LogP contribution in [0.25, 0.3) is 11.4 Å². The molecule has 0 N–H and O–H groups in total. The Bertz CT molecular complexity index is 1040. The summed E-state index contributed by atoms with van der Waals surface area (Å²) in [5, 5.41) is 0. The molecule has 1 aliphatic heterocycles. The third-order valence-corrected chi connectivity index (χ3v) is 5.61. The predicted octanol–water partition coefficient (Wildman–Crippen LogP) is 4.49. The van der Waals surface area contributed by atoms with Gasteiger partial charge in [-0.2, -0.15) is 0 Å². The zero-order valence-electron chi connectivity index (χ0n) is 17.8. The summed E-state index contributed by atoms with van der Waals surface area (Å²) in [6.07, 6.45) is 3.96. The number of anilines is 1. The summed E-state index contributed by atoms with van der Waals surface area (Å²) >= 11 is 0. The van der Waals surface area contributed by atoms with E-state index in [0.717, 1.165) is 55.0 Å². The Kier molecular flexibility index (Phi) is 6.46. The molecule has 0 spiro atoms. The fourth-order valence-corrected chi connectivity index (χ4v) is 4.08. The van der Waals surface area contributed by atoms with Gasteiger partial charge in [0, 0.05) is 24.3 Å². The zero-order valence-corrected chi connectivity index (χ0v) is 17.8. The van der Waals surface area contributed by atoms with Crippen LogP contribution in [-0.2, 0) is 22.5 Å². The molecule has 160 valence electrons. The highest BCUT2D eigenvalue weighted by Gasteiger charge is 2.26. The van der Waals surface area contributed by atoms with E-state index < -0.39 is 5.97 Å². The van der Waals surface area contributed by atoms with Gasteiger partial charge < -0.3 is 14.2 Å². The minimum Gasteiger partial charge on any atom is -0.451 e. The molecular weight excluding hydrogens is 390 g/mol. The van der Waals surface area contributed by atoms with Crippen LogP contribution in [0.5, 0.6) is 0 Å². The summed E-state index contributed by atoms with van der Waals surface area (Å²) in [7, 11) is 0. The summed E-state index contributed by atoms with van der Waals surface area (Å²) in [6, 6.07) is 19.3. The third-order valence-electron chi connectivity index (χ3n) is 5.61. The van der Waals surface area contributed by atoms with Crippen molar-refractivity contribution in [1.82, 2.24) is 9.55 Å². The number of aromatic nitrogens is 2. The van der Waals surface area contributed by atoms with Crippen molar-refractivity contribution in [3.63, 3.8) is 0 Å². The quantitative estimate of drug-likeness (QED) is 0.555. The molecule has 31 heavy (non-hydrogen) atoms. The Morgan fingerprint density at radius 2 is 1.71 bits per heavy atom. The molecule has 3 aromatic rings. The van der Waals surface area contributed by atoms with Gasteiger partial charge in [-0.05, 0) is 38.3 Å². The normalized spacial score (nSPS) is 13.2. The van der Waals surface area contributed by atoms with Crippen LogP contribution in [0, 0.1) is 0 Å². The van der Waals surface area contributed by atoms with Crippen molar-refractivity contribution in [3.8, 4) is 11.4 Å². The second-order valence-corrected chi connectivity index (χ2v) is 7.61. The fraction of sp³-hybridized carbons (Fsp3) is 0.320. The van der Waals surface area contributed by atoms with E-state index in [1.54, 1.807) is 4.90 Å². The summed E-state index contributed by atoms with van der Waals surface area (Å²) in [5.74, 6) is -0.00354. The lowest BCUT2D eigenvalue weighted by Gasteiger charge is -2.20. The largest absolute Gasteiger partial charge is 0.451 e. The highest BCUT2D eigenvalue weighted by Crippen LogP contribution is 2.27. The lowest BCUT2D eigenvalue weighted by atomic mass is 10.1. The minimum absolute atomic E-state index is 0.254. The van der Waals surface area contributed by atoms with E-state index in [1.807, 2.05) is 67.6 Å². The minimum atomic E-state index is -0.537. The van der Waals surface area contributed by atoms with E-state index >= 15 is 0 Å². The number of esters is 1. The average molecular weight is 418 g/mol. The average Bonchev–Trinajstić information content (AvgIpc) is 3.00. The monoisotopic (exact) mass is 417 g/mol. The molecule has 0 fully saturated rings. The van der Waals surface area contributed by atoms with E-state index in [0.29, 0.717) is 12.2 Å². The second kappa shape index (κ2) is 9.60. The molecule has 1 amide bonds. The molecule has 0 saturated carbocycles. The maximum atomic E-state index is 13.0. The summed E-state index contributed by atoms with van der Waals surface area (Å²) in [5.41, 5.74) is 3.00. The predicted molar refractivity (Wildman–Crippen MR) is 120 cm³/mol. The van der Waals surface area contributed by atoms with Crippen LogP contribution in [0.2, 0.25) is 0 Å². The highest BCUT2D eigenvalue weighted by atomic mass is 16.5. The van der Waals surface area contributed by atoms with Crippen molar-refractivity contribution in [2.24, 2.45) is 0 Å². The Balaban J connectivity index is 1.54. The lowest BCUT2D eigenvalue weighted by Crippen LogP contribution is -2.34. The number of ether oxygens (including phenoxy) is 1. The first kappa shape index (κ1) is 20.8. The van der Waals surface area contributed by atoms with E-state index in [2.05, 4.69) is 9.55 Å². The van der Waals surface area contributed by atoms with Gasteiger partial charge >= 0.3 is 5.97 Å². The summed E-state index contributed by atoms with van der Waals surface area (Å²) in [4.78, 5) is 31.9. The third kappa shape index (κ3) is 4.53. The smallest absolute Gasteiger partial charge is 0.359 e. The van der Waals surface area contributed by atoms with Crippen LogP contribution in [-0.4, -0.2) is 34.6 Å². The molecule has 2 heterocycles. The zero-order chi connectivity index (χ0) is 21.6. The van der Waals surface area contributed by atoms with Gasteiger partial charge in [-0.15, -0.1) is 0 Å². The van der Waals surface area contributed by atoms with E-state index in [4.69, 9.17) is 4.74 Å². The Hall–Kier alpha value is -3.41. The SMILES string of the molecule is CCN(C(=O)COC(=O)c1nc(-c2ccccc2)n2c1CCCCC2)c1ccccc1. The topological polar surface area (TPSA) is 64.4 Å². The number of benzene rings is 2. The molecule has 0 unspecified atom stereocenters. The Morgan fingerprint density at radius 3 is 2.42 bits per heavy atom. The van der Waals surface area contributed by atoms with Gasteiger partial charge in [-0.1, -0.05) is 55.0 Å². The number of carbonyl (C=O) groups excluding carboxylic acids is 2. The first-order chi connectivity index (χ1) is 15.2. The van der Waals surface area contributed by atoms with Gasteiger partial charge in [0.25, 0.3) is 5.91 Å². The maximum Gasteiger partial charge on any atom is 0.359 e. The molecule has 6 nitrogen and oxygen atoms in total. The molecule has 2 aromatic carbocycles. The molecule has 6 heteroatoms. The number of para-hydroxylation sites is 1. The summed E-state index contributed by atoms with van der Waals surface area (Å²) in [6.45, 7) is 2.91. The van der Waals surface area contributed by atoms with Gasteiger partial charge in [0.2, 0.25) is 0 Å². The maximum absolute atomic E-state index is 13.0. The molecule has 0 saturated heterocycles. The van der Waals surface area contributed by atoms with Crippen LogP contribution in [0.15, 0.2) is 60.7 Å². The molecule has 0 aliphatic carbocycles. The number of likely N-dealkylation sites (N-methyl/N-ethyl adjacent to an activating group) is 1. The molecule has 4 rings (SSSR count). The van der Waals surface area contributed by atoms with Crippen LogP contribution < -0.4 is 4.90 Å². The van der Waals surface area contributed by atoms with Crippen LogP contribution >= 0.6 is 0 Å². The van der Waals surface area contributed by atoms with Gasteiger partial charge in [0.15, 0.2) is 12.3 Å². The lowest BCUT2D eigenvalue weighted by molar-refractivity contribution is -0.121. The number of amides is 1. The summed E-state index contributed by atoms with van der Waals surface area (Å²) < 4.78 is 7.59. The van der Waals surface area contributed by atoms with Crippen molar-refractivity contribution in [3.05, 3.63) is 72.1 Å². The van der Waals surface area contributed by atoms with Crippen molar-refractivity contribution >= 4 is 17.6 Å². The number of hydrogen-bond acceptors (Lipinski definition) is 4. The van der Waals surface area contributed by atoms with Gasteiger partial charge in [-0.3, -0.25) is 4.79 Å². The molecule has 0 bridgehead atoms.